The summed E-state index contributed by atoms with van der Waals surface area (Å²) >= 11 is 2.30. The molecule has 88 valence electrons. The molecule has 0 radical (unpaired) electrons. The quantitative estimate of drug-likeness (QED) is 0.417. The van der Waals surface area contributed by atoms with Gasteiger partial charge in [0.05, 0.1) is 12.3 Å². The van der Waals surface area contributed by atoms with Crippen molar-refractivity contribution in [2.45, 2.75) is 38.1 Å². The number of halogens is 1. The largest absolute Gasteiger partial charge is 0.281 e. The van der Waals surface area contributed by atoms with Crippen molar-refractivity contribution in [2.75, 3.05) is 0 Å². The van der Waals surface area contributed by atoms with E-state index in [1.165, 1.54) is 35.7 Å². The molecule has 1 aliphatic rings. The van der Waals surface area contributed by atoms with Crippen LogP contribution in [0.1, 0.15) is 37.7 Å². The highest BCUT2D eigenvalue weighted by Gasteiger charge is 2.09. The van der Waals surface area contributed by atoms with Gasteiger partial charge < -0.3 is 0 Å². The fourth-order valence-corrected chi connectivity index (χ4v) is 2.38. The van der Waals surface area contributed by atoms with Gasteiger partial charge in [-0.2, -0.15) is 0 Å². The van der Waals surface area contributed by atoms with E-state index < -0.39 is 0 Å². The van der Waals surface area contributed by atoms with Gasteiger partial charge >= 0.3 is 0 Å². The molecule has 0 N–H and O–H groups in total. The molecule has 0 heterocycles. The molecule has 1 fully saturated rings. The molecule has 0 saturated heterocycles. The lowest BCUT2D eigenvalue weighted by molar-refractivity contribution is 0.444. The lowest BCUT2D eigenvalue weighted by atomic mass is 9.96. The highest BCUT2D eigenvalue weighted by molar-refractivity contribution is 14.1. The second kappa shape index (κ2) is 6.80. The summed E-state index contributed by atoms with van der Waals surface area (Å²) in [6.45, 7) is 0. The van der Waals surface area contributed by atoms with Crippen LogP contribution in [-0.4, -0.2) is 12.3 Å². The average Bonchev–Trinajstić information content (AvgIpc) is 2.38. The van der Waals surface area contributed by atoms with E-state index in [1.807, 2.05) is 12.1 Å². The van der Waals surface area contributed by atoms with Crippen LogP contribution in [-0.2, 0) is 0 Å². The number of nitrogens with zero attached hydrogens (tertiary/aromatic N) is 1. The standard InChI is InChI=1S/C15H16IN/c16-14-10-8-13(9-11-14)5-4-12-17-15-6-2-1-3-7-15/h8-12,15H,1-3,6-7H2. The summed E-state index contributed by atoms with van der Waals surface area (Å²) in [4.78, 5) is 4.52. The van der Waals surface area contributed by atoms with Crippen molar-refractivity contribution in [1.29, 1.82) is 0 Å². The third-order valence-corrected chi connectivity index (χ3v) is 3.70. The predicted molar refractivity (Wildman–Crippen MR) is 81.4 cm³/mol. The van der Waals surface area contributed by atoms with E-state index in [2.05, 4.69) is 51.6 Å². The maximum absolute atomic E-state index is 4.52. The normalized spacial score (nSPS) is 16.8. The number of benzene rings is 1. The van der Waals surface area contributed by atoms with Crippen LogP contribution in [0.2, 0.25) is 0 Å². The summed E-state index contributed by atoms with van der Waals surface area (Å²) in [7, 11) is 0. The maximum Gasteiger partial charge on any atom is 0.0718 e. The van der Waals surface area contributed by atoms with Crippen LogP contribution in [0.15, 0.2) is 29.3 Å². The zero-order chi connectivity index (χ0) is 11.9. The number of hydrogen-bond donors (Lipinski definition) is 0. The van der Waals surface area contributed by atoms with Crippen molar-refractivity contribution in [2.24, 2.45) is 4.99 Å². The van der Waals surface area contributed by atoms with E-state index in [4.69, 9.17) is 0 Å². The minimum Gasteiger partial charge on any atom is -0.281 e. The van der Waals surface area contributed by atoms with Crippen molar-refractivity contribution in [3.8, 4) is 11.8 Å². The van der Waals surface area contributed by atoms with Gasteiger partial charge in [0.25, 0.3) is 0 Å². The van der Waals surface area contributed by atoms with Gasteiger partial charge in [0.15, 0.2) is 0 Å². The second-order valence-corrected chi connectivity index (χ2v) is 5.59. The van der Waals surface area contributed by atoms with Gasteiger partial charge in [-0.25, -0.2) is 0 Å². The van der Waals surface area contributed by atoms with E-state index in [1.54, 1.807) is 6.21 Å². The van der Waals surface area contributed by atoms with Crippen LogP contribution in [0.5, 0.6) is 0 Å². The van der Waals surface area contributed by atoms with Crippen molar-refractivity contribution >= 4 is 28.8 Å². The third kappa shape index (κ3) is 4.51. The topological polar surface area (TPSA) is 12.4 Å². The Hall–Kier alpha value is -0.820. The summed E-state index contributed by atoms with van der Waals surface area (Å²) in [6, 6.07) is 8.76. The maximum atomic E-state index is 4.52. The molecule has 17 heavy (non-hydrogen) atoms. The minimum atomic E-state index is 0.523. The Balaban J connectivity index is 1.88. The lowest BCUT2D eigenvalue weighted by Crippen LogP contribution is -2.09. The van der Waals surface area contributed by atoms with Gasteiger partial charge in [-0.05, 0) is 65.6 Å². The van der Waals surface area contributed by atoms with Crippen molar-refractivity contribution < 1.29 is 0 Å². The minimum absolute atomic E-state index is 0.523. The smallest absolute Gasteiger partial charge is 0.0718 e. The first kappa shape index (κ1) is 12.6. The number of aliphatic imine (C=N–C) groups is 1. The van der Waals surface area contributed by atoms with E-state index in [-0.39, 0.29) is 0 Å². The van der Waals surface area contributed by atoms with Crippen LogP contribution in [0.25, 0.3) is 0 Å². The summed E-state index contributed by atoms with van der Waals surface area (Å²) in [6.07, 6.45) is 8.29. The summed E-state index contributed by atoms with van der Waals surface area (Å²) in [5.41, 5.74) is 1.06. The van der Waals surface area contributed by atoms with Crippen molar-refractivity contribution in [3.63, 3.8) is 0 Å². The Bertz CT molecular complexity index is 430. The van der Waals surface area contributed by atoms with Gasteiger partial charge in [-0.15, -0.1) is 0 Å². The molecular formula is C15H16IN. The molecular weight excluding hydrogens is 321 g/mol. The van der Waals surface area contributed by atoms with Crippen LogP contribution in [0, 0.1) is 15.4 Å². The molecule has 1 aromatic rings. The Morgan fingerprint density at radius 2 is 1.82 bits per heavy atom. The lowest BCUT2D eigenvalue weighted by Gasteiger charge is -2.16. The molecule has 0 aromatic heterocycles. The Labute approximate surface area is 117 Å². The Morgan fingerprint density at radius 3 is 2.53 bits per heavy atom. The van der Waals surface area contributed by atoms with Gasteiger partial charge in [0, 0.05) is 9.13 Å². The van der Waals surface area contributed by atoms with E-state index >= 15 is 0 Å². The van der Waals surface area contributed by atoms with E-state index in [0.29, 0.717) is 6.04 Å². The summed E-state index contributed by atoms with van der Waals surface area (Å²) in [5, 5.41) is 0. The van der Waals surface area contributed by atoms with Crippen LogP contribution >= 0.6 is 22.6 Å². The predicted octanol–water partition coefficient (Wildman–Crippen LogP) is 4.05. The zero-order valence-corrected chi connectivity index (χ0v) is 12.0. The molecule has 0 bridgehead atoms. The molecule has 0 unspecified atom stereocenters. The molecule has 0 spiro atoms. The molecule has 2 rings (SSSR count). The molecule has 1 nitrogen and oxygen atoms in total. The van der Waals surface area contributed by atoms with E-state index in [0.717, 1.165) is 5.56 Å². The molecule has 1 aliphatic carbocycles. The van der Waals surface area contributed by atoms with E-state index in [9.17, 15) is 0 Å². The first-order valence-electron chi connectivity index (χ1n) is 6.13. The van der Waals surface area contributed by atoms with Crippen molar-refractivity contribution in [1.82, 2.24) is 0 Å². The SMILES string of the molecule is Ic1ccc(C#CC=NC2CCCCC2)cc1. The highest BCUT2D eigenvalue weighted by Crippen LogP contribution is 2.19. The van der Waals surface area contributed by atoms with Gasteiger partial charge in [-0.1, -0.05) is 25.2 Å². The van der Waals surface area contributed by atoms with Gasteiger partial charge in [0.1, 0.15) is 0 Å². The zero-order valence-electron chi connectivity index (χ0n) is 9.82. The van der Waals surface area contributed by atoms with Crippen molar-refractivity contribution in [3.05, 3.63) is 33.4 Å². The molecule has 0 atom stereocenters. The number of rotatable bonds is 1. The fourth-order valence-electron chi connectivity index (χ4n) is 2.02. The summed E-state index contributed by atoms with van der Waals surface area (Å²) in [5.74, 6) is 6.13. The molecule has 2 heteroatoms. The van der Waals surface area contributed by atoms with Crippen LogP contribution in [0.3, 0.4) is 0 Å². The fraction of sp³-hybridized carbons (Fsp3) is 0.400. The molecule has 1 saturated carbocycles. The van der Waals surface area contributed by atoms with Crippen LogP contribution < -0.4 is 0 Å². The molecule has 0 amide bonds. The number of hydrogen-bond acceptors (Lipinski definition) is 1. The summed E-state index contributed by atoms with van der Waals surface area (Å²) < 4.78 is 1.24. The molecule has 0 aliphatic heterocycles. The average molecular weight is 337 g/mol. The third-order valence-electron chi connectivity index (χ3n) is 2.99. The Morgan fingerprint density at radius 1 is 1.12 bits per heavy atom. The first-order chi connectivity index (χ1) is 8.34. The van der Waals surface area contributed by atoms with Gasteiger partial charge in [-0.3, -0.25) is 4.99 Å². The highest BCUT2D eigenvalue weighted by atomic mass is 127. The Kier molecular flexibility index (Phi) is 5.06. The molecule has 1 aromatic carbocycles. The second-order valence-electron chi connectivity index (χ2n) is 4.35. The van der Waals surface area contributed by atoms with Gasteiger partial charge in [0.2, 0.25) is 0 Å². The first-order valence-corrected chi connectivity index (χ1v) is 7.21. The monoisotopic (exact) mass is 337 g/mol. The van der Waals surface area contributed by atoms with Crippen LogP contribution in [0.4, 0.5) is 0 Å².